The molecule has 13 heavy (non-hydrogen) atoms. The van der Waals surface area contributed by atoms with Gasteiger partial charge in [-0.05, 0) is 6.07 Å². The quantitative estimate of drug-likeness (QED) is 0.495. The molecule has 4 nitrogen and oxygen atoms in total. The molecule has 4 heteroatoms. The summed E-state index contributed by atoms with van der Waals surface area (Å²) in [6.07, 6.45) is 0.566. The van der Waals surface area contributed by atoms with Gasteiger partial charge >= 0.3 is 0 Å². The van der Waals surface area contributed by atoms with Crippen molar-refractivity contribution >= 4 is 18.1 Å². The van der Waals surface area contributed by atoms with Crippen molar-refractivity contribution in [3.05, 3.63) is 34.9 Å². The molecule has 1 aliphatic rings. The van der Waals surface area contributed by atoms with Crippen LogP contribution >= 0.6 is 0 Å². The van der Waals surface area contributed by atoms with Gasteiger partial charge in [0.1, 0.15) is 0 Å². The molecule has 0 spiro atoms. The number of hydrogen-bond donors (Lipinski definition) is 1. The predicted octanol–water partition coefficient (Wildman–Crippen LogP) is 0.383. The molecule has 0 radical (unpaired) electrons. The summed E-state index contributed by atoms with van der Waals surface area (Å²) in [5.41, 5.74) is 0.706. The standard InChI is InChI=1S/C9H5NO3/c11-4-5-2-1-3-6-7(5)9(13)10-8(6)12/h1-4H,(H,10,12,13). The van der Waals surface area contributed by atoms with E-state index in [1.807, 2.05) is 0 Å². The van der Waals surface area contributed by atoms with Gasteiger partial charge in [-0.25, -0.2) is 0 Å². The van der Waals surface area contributed by atoms with Crippen LogP contribution in [0, 0.1) is 0 Å². The number of benzene rings is 1. The van der Waals surface area contributed by atoms with Crippen molar-refractivity contribution in [3.63, 3.8) is 0 Å². The Hall–Kier alpha value is -1.97. The molecule has 64 valence electrons. The van der Waals surface area contributed by atoms with Crippen LogP contribution in [0.2, 0.25) is 0 Å². The highest BCUT2D eigenvalue weighted by Gasteiger charge is 2.28. The molecule has 0 fully saturated rings. The van der Waals surface area contributed by atoms with E-state index in [0.29, 0.717) is 6.29 Å². The lowest BCUT2D eigenvalue weighted by molar-refractivity contribution is 0.0877. The molecule has 0 bridgehead atoms. The number of fused-ring (bicyclic) bond motifs is 1. The number of aldehydes is 1. The van der Waals surface area contributed by atoms with Crippen LogP contribution in [0.1, 0.15) is 31.1 Å². The van der Waals surface area contributed by atoms with Gasteiger partial charge < -0.3 is 0 Å². The van der Waals surface area contributed by atoms with Crippen LogP contribution < -0.4 is 5.32 Å². The summed E-state index contributed by atoms with van der Waals surface area (Å²) in [5, 5.41) is 2.12. The predicted molar refractivity (Wildman–Crippen MR) is 43.6 cm³/mol. The minimum atomic E-state index is -0.497. The molecule has 2 rings (SSSR count). The molecule has 0 aliphatic carbocycles. The average Bonchev–Trinajstić information content (AvgIpc) is 2.43. The van der Waals surface area contributed by atoms with Gasteiger partial charge in [0.2, 0.25) is 0 Å². The van der Waals surface area contributed by atoms with E-state index in [2.05, 4.69) is 5.32 Å². The van der Waals surface area contributed by atoms with Gasteiger partial charge in [-0.2, -0.15) is 0 Å². The zero-order valence-corrected chi connectivity index (χ0v) is 6.53. The van der Waals surface area contributed by atoms with Crippen LogP contribution in [0.15, 0.2) is 18.2 Å². The molecule has 0 saturated carbocycles. The van der Waals surface area contributed by atoms with E-state index in [0.717, 1.165) is 0 Å². The highest BCUT2D eigenvalue weighted by molar-refractivity contribution is 6.23. The Morgan fingerprint density at radius 1 is 1.15 bits per heavy atom. The normalized spacial score (nSPS) is 13.8. The van der Waals surface area contributed by atoms with Crippen molar-refractivity contribution in [1.29, 1.82) is 0 Å². The lowest BCUT2D eigenvalue weighted by atomic mass is 10.0. The summed E-state index contributed by atoms with van der Waals surface area (Å²) in [6, 6.07) is 4.59. The number of rotatable bonds is 1. The van der Waals surface area contributed by atoms with E-state index in [4.69, 9.17) is 0 Å². The Labute approximate surface area is 73.6 Å². The monoisotopic (exact) mass is 175 g/mol. The van der Waals surface area contributed by atoms with Gasteiger partial charge in [-0.15, -0.1) is 0 Å². The number of nitrogens with one attached hydrogen (secondary N) is 1. The third-order valence-corrected chi connectivity index (χ3v) is 1.92. The second kappa shape index (κ2) is 2.52. The molecule has 0 saturated heterocycles. The molecular weight excluding hydrogens is 170 g/mol. The van der Waals surface area contributed by atoms with Crippen LogP contribution in [0.4, 0.5) is 0 Å². The summed E-state index contributed by atoms with van der Waals surface area (Å²) in [5.74, 6) is -0.939. The van der Waals surface area contributed by atoms with Crippen molar-refractivity contribution in [2.24, 2.45) is 0 Å². The molecule has 0 atom stereocenters. The number of imide groups is 1. The maximum absolute atomic E-state index is 11.2. The molecule has 1 heterocycles. The maximum Gasteiger partial charge on any atom is 0.259 e. The third kappa shape index (κ3) is 0.955. The summed E-state index contributed by atoms with van der Waals surface area (Å²) in [7, 11) is 0. The Morgan fingerprint density at radius 2 is 1.92 bits per heavy atom. The number of carbonyl (C=O) groups excluding carboxylic acids is 3. The van der Waals surface area contributed by atoms with Gasteiger partial charge in [-0.3, -0.25) is 19.7 Å². The van der Waals surface area contributed by atoms with Crippen molar-refractivity contribution in [3.8, 4) is 0 Å². The summed E-state index contributed by atoms with van der Waals surface area (Å²) in [4.78, 5) is 32.8. The van der Waals surface area contributed by atoms with E-state index < -0.39 is 11.8 Å². The maximum atomic E-state index is 11.2. The van der Waals surface area contributed by atoms with E-state index >= 15 is 0 Å². The fraction of sp³-hybridized carbons (Fsp3) is 0. The second-order valence-corrected chi connectivity index (χ2v) is 2.67. The minimum absolute atomic E-state index is 0.183. The van der Waals surface area contributed by atoms with Crippen molar-refractivity contribution in [2.45, 2.75) is 0 Å². The SMILES string of the molecule is O=Cc1cccc2c1C(=O)NC2=O. The van der Waals surface area contributed by atoms with Gasteiger partial charge in [-0.1, -0.05) is 12.1 Å². The smallest absolute Gasteiger partial charge is 0.259 e. The fourth-order valence-corrected chi connectivity index (χ4v) is 1.34. The summed E-state index contributed by atoms with van der Waals surface area (Å²) < 4.78 is 0. The average molecular weight is 175 g/mol. The molecule has 1 aromatic rings. The van der Waals surface area contributed by atoms with E-state index in [1.54, 1.807) is 6.07 Å². The Morgan fingerprint density at radius 3 is 2.62 bits per heavy atom. The zero-order valence-electron chi connectivity index (χ0n) is 6.53. The largest absolute Gasteiger partial charge is 0.298 e. The van der Waals surface area contributed by atoms with Gasteiger partial charge in [0.25, 0.3) is 11.8 Å². The van der Waals surface area contributed by atoms with Crippen LogP contribution in [0.25, 0.3) is 0 Å². The van der Waals surface area contributed by atoms with Gasteiger partial charge in [0.05, 0.1) is 11.1 Å². The lowest BCUT2D eigenvalue weighted by Crippen LogP contribution is -2.20. The first-order valence-corrected chi connectivity index (χ1v) is 3.68. The third-order valence-electron chi connectivity index (χ3n) is 1.92. The van der Waals surface area contributed by atoms with Gasteiger partial charge in [0, 0.05) is 5.56 Å². The molecular formula is C9H5NO3. The first-order valence-electron chi connectivity index (χ1n) is 3.68. The van der Waals surface area contributed by atoms with Crippen molar-refractivity contribution < 1.29 is 14.4 Å². The fourth-order valence-electron chi connectivity index (χ4n) is 1.34. The first kappa shape index (κ1) is 7.67. The van der Waals surface area contributed by atoms with Crippen LogP contribution in [0.3, 0.4) is 0 Å². The first-order chi connectivity index (χ1) is 6.24. The Balaban J connectivity index is 2.75. The Bertz CT molecular complexity index is 423. The molecule has 1 aromatic carbocycles. The minimum Gasteiger partial charge on any atom is -0.298 e. The van der Waals surface area contributed by atoms with Crippen LogP contribution in [-0.2, 0) is 0 Å². The van der Waals surface area contributed by atoms with Crippen LogP contribution in [0.5, 0.6) is 0 Å². The Kier molecular flexibility index (Phi) is 1.48. The van der Waals surface area contributed by atoms with Crippen molar-refractivity contribution in [1.82, 2.24) is 5.32 Å². The number of amides is 2. The van der Waals surface area contributed by atoms with Gasteiger partial charge in [0.15, 0.2) is 6.29 Å². The summed E-state index contributed by atoms with van der Waals surface area (Å²) in [6.45, 7) is 0. The van der Waals surface area contributed by atoms with E-state index in [9.17, 15) is 14.4 Å². The van der Waals surface area contributed by atoms with E-state index in [-0.39, 0.29) is 16.7 Å². The number of hydrogen-bond acceptors (Lipinski definition) is 3. The zero-order chi connectivity index (χ0) is 9.42. The molecule has 2 amide bonds. The van der Waals surface area contributed by atoms with E-state index in [1.165, 1.54) is 12.1 Å². The molecule has 0 unspecified atom stereocenters. The molecule has 1 N–H and O–H groups in total. The highest BCUT2D eigenvalue weighted by Crippen LogP contribution is 2.18. The topological polar surface area (TPSA) is 63.2 Å². The van der Waals surface area contributed by atoms with Crippen LogP contribution in [-0.4, -0.2) is 18.1 Å². The van der Waals surface area contributed by atoms with Crippen molar-refractivity contribution in [2.75, 3.05) is 0 Å². The molecule has 1 aliphatic heterocycles. The highest BCUT2D eigenvalue weighted by atomic mass is 16.2. The summed E-state index contributed by atoms with van der Waals surface area (Å²) >= 11 is 0. The number of carbonyl (C=O) groups is 3. The lowest BCUT2D eigenvalue weighted by Gasteiger charge is -1.95. The molecule has 0 aromatic heterocycles. The second-order valence-electron chi connectivity index (χ2n) is 2.67.